The van der Waals surface area contributed by atoms with Gasteiger partial charge in [0.15, 0.2) is 17.2 Å². The van der Waals surface area contributed by atoms with E-state index in [2.05, 4.69) is 71.7 Å². The summed E-state index contributed by atoms with van der Waals surface area (Å²) in [6.07, 6.45) is 0. The van der Waals surface area contributed by atoms with Crippen molar-refractivity contribution in [3.8, 4) is 45.4 Å². The monoisotopic (exact) mass is 577 g/mol. The average Bonchev–Trinajstić information content (AvgIpc) is 3.40. The highest BCUT2D eigenvalue weighted by Crippen LogP contribution is 2.39. The first-order valence-electron chi connectivity index (χ1n) is 14.2. The molecule has 0 aliphatic rings. The number of fused-ring (bicyclic) bond motifs is 3. The Morgan fingerprint density at radius 3 is 1.71 bits per heavy atom. The second-order valence-corrected chi connectivity index (χ2v) is 10.7. The number of rotatable bonds is 4. The van der Waals surface area contributed by atoms with Gasteiger partial charge in [-0.2, -0.15) is 5.26 Å². The van der Waals surface area contributed by atoms with Gasteiger partial charge in [0.1, 0.15) is 11.6 Å². The zero-order valence-electron chi connectivity index (χ0n) is 24.4. The molecule has 45 heavy (non-hydrogen) atoms. The fraction of sp³-hybridized carbons (Fsp3) is 0.0526. The number of aryl methyl sites for hydroxylation is 2. The van der Waals surface area contributed by atoms with E-state index in [9.17, 15) is 5.26 Å². The van der Waals surface area contributed by atoms with Crippen LogP contribution in [0, 0.1) is 38.3 Å². The van der Waals surface area contributed by atoms with Gasteiger partial charge in [-0.25, -0.2) is 24.6 Å². The van der Waals surface area contributed by atoms with Crippen molar-refractivity contribution in [1.29, 1.82) is 5.26 Å². The number of hydrogen-bond acceptors (Lipinski definition) is 4. The van der Waals surface area contributed by atoms with E-state index >= 15 is 0 Å². The van der Waals surface area contributed by atoms with Crippen LogP contribution < -0.4 is 0 Å². The number of nitrogens with zero attached hydrogens (tertiary/aromatic N) is 7. The van der Waals surface area contributed by atoms with Crippen LogP contribution in [0.5, 0.6) is 0 Å². The Labute approximate surface area is 260 Å². The van der Waals surface area contributed by atoms with Gasteiger partial charge in [0.25, 0.3) is 0 Å². The molecule has 7 heteroatoms. The minimum Gasteiger partial charge on any atom is -0.309 e. The molecule has 0 aliphatic carbocycles. The third-order valence-corrected chi connectivity index (χ3v) is 7.90. The van der Waals surface area contributed by atoms with Crippen molar-refractivity contribution >= 4 is 33.2 Å². The summed E-state index contributed by atoms with van der Waals surface area (Å²) in [5.74, 6) is 1.65. The first-order valence-corrected chi connectivity index (χ1v) is 14.2. The number of aromatic nitrogens is 4. The minimum atomic E-state index is 0.461. The first-order chi connectivity index (χ1) is 21.9. The summed E-state index contributed by atoms with van der Waals surface area (Å²) >= 11 is 0. The van der Waals surface area contributed by atoms with Crippen LogP contribution in [0.3, 0.4) is 0 Å². The molecular weight excluding hydrogens is 554 g/mol. The molecule has 0 saturated carbocycles. The zero-order chi connectivity index (χ0) is 31.1. The SMILES string of the molecule is [C-]#[N+]c1ccc(-c2ccc3c4ccc(-c5ccc(C#N)cc5)cc4n(-c4ccc([N+]#[C-])c(-c5nc(C)nc(C)n5)c4)c3c2)cc1. The van der Waals surface area contributed by atoms with Crippen LogP contribution in [0.1, 0.15) is 17.2 Å². The van der Waals surface area contributed by atoms with Crippen LogP contribution in [-0.4, -0.2) is 19.5 Å². The Hall–Kier alpha value is -6.62. The topological polar surface area (TPSA) is 76.1 Å². The Bertz CT molecular complexity index is 2280. The molecule has 2 aromatic heterocycles. The summed E-state index contributed by atoms with van der Waals surface area (Å²) in [6.45, 7) is 18.8. The van der Waals surface area contributed by atoms with E-state index < -0.39 is 0 Å². The van der Waals surface area contributed by atoms with Gasteiger partial charge >= 0.3 is 0 Å². The van der Waals surface area contributed by atoms with E-state index in [0.717, 1.165) is 49.7 Å². The molecule has 0 atom stereocenters. The maximum atomic E-state index is 9.29. The molecule has 0 N–H and O–H groups in total. The van der Waals surface area contributed by atoms with Gasteiger partial charge in [0.2, 0.25) is 0 Å². The summed E-state index contributed by atoms with van der Waals surface area (Å²) in [4.78, 5) is 20.8. The third-order valence-electron chi connectivity index (χ3n) is 7.90. The van der Waals surface area contributed by atoms with E-state index in [0.29, 0.717) is 40.0 Å². The van der Waals surface area contributed by atoms with E-state index in [1.165, 1.54) is 0 Å². The van der Waals surface area contributed by atoms with Gasteiger partial charge in [-0.15, -0.1) is 0 Å². The van der Waals surface area contributed by atoms with E-state index in [1.807, 2.05) is 80.6 Å². The molecule has 210 valence electrons. The molecule has 0 amide bonds. The summed E-state index contributed by atoms with van der Waals surface area (Å²) in [5, 5.41) is 11.5. The molecule has 0 unspecified atom stereocenters. The first kappa shape index (κ1) is 27.2. The average molecular weight is 578 g/mol. The van der Waals surface area contributed by atoms with Crippen molar-refractivity contribution in [1.82, 2.24) is 19.5 Å². The van der Waals surface area contributed by atoms with Crippen molar-refractivity contribution in [2.45, 2.75) is 13.8 Å². The fourth-order valence-electron chi connectivity index (χ4n) is 5.80. The molecule has 5 aromatic carbocycles. The standard InChI is InChI=1S/C38H23N7/c1-23-42-24(2)44-38(43-23)34-21-31(15-18-35(34)41-4)45-36-19-28(26-7-5-25(22-39)6-8-26)11-16-32(36)33-17-12-29(20-37(33)45)27-9-13-30(40-3)14-10-27/h5-21H,1-2H3. The van der Waals surface area contributed by atoms with Crippen molar-refractivity contribution < 1.29 is 0 Å². The molecule has 0 spiro atoms. The van der Waals surface area contributed by atoms with Crippen LogP contribution >= 0.6 is 0 Å². The van der Waals surface area contributed by atoms with Crippen LogP contribution in [-0.2, 0) is 0 Å². The highest BCUT2D eigenvalue weighted by Gasteiger charge is 2.18. The van der Waals surface area contributed by atoms with Gasteiger partial charge in [-0.3, -0.25) is 0 Å². The van der Waals surface area contributed by atoms with E-state index in [1.54, 1.807) is 0 Å². The summed E-state index contributed by atoms with van der Waals surface area (Å²) < 4.78 is 2.22. The van der Waals surface area contributed by atoms with Gasteiger partial charge in [-0.1, -0.05) is 66.7 Å². The second-order valence-electron chi connectivity index (χ2n) is 10.7. The highest BCUT2D eigenvalue weighted by atomic mass is 15.0. The van der Waals surface area contributed by atoms with E-state index in [4.69, 9.17) is 13.1 Å². The predicted octanol–water partition coefficient (Wildman–Crippen LogP) is 9.56. The molecular formula is C38H23N7. The van der Waals surface area contributed by atoms with Crippen molar-refractivity contribution in [2.75, 3.05) is 0 Å². The normalized spacial score (nSPS) is 10.8. The molecule has 0 fully saturated rings. The Balaban J connectivity index is 1.51. The Morgan fingerprint density at radius 2 is 1.18 bits per heavy atom. The van der Waals surface area contributed by atoms with E-state index in [-0.39, 0.29) is 0 Å². The molecule has 7 nitrogen and oxygen atoms in total. The number of hydrogen-bond donors (Lipinski definition) is 0. The largest absolute Gasteiger partial charge is 0.309 e. The fourth-order valence-corrected chi connectivity index (χ4v) is 5.80. The summed E-state index contributed by atoms with van der Waals surface area (Å²) in [6, 6.07) is 36.0. The number of benzene rings is 5. The number of nitriles is 1. The smallest absolute Gasteiger partial charge is 0.198 e. The predicted molar refractivity (Wildman–Crippen MR) is 177 cm³/mol. The van der Waals surface area contributed by atoms with Crippen LogP contribution in [0.25, 0.3) is 70.8 Å². The molecule has 0 aliphatic heterocycles. The van der Waals surface area contributed by atoms with Crippen LogP contribution in [0.2, 0.25) is 0 Å². The Kier molecular flexibility index (Phi) is 6.59. The zero-order valence-corrected chi connectivity index (χ0v) is 24.4. The van der Waals surface area contributed by atoms with Crippen molar-refractivity contribution in [2.24, 2.45) is 0 Å². The minimum absolute atomic E-state index is 0.461. The van der Waals surface area contributed by atoms with Gasteiger partial charge < -0.3 is 4.57 Å². The molecule has 2 heterocycles. The molecule has 0 saturated heterocycles. The van der Waals surface area contributed by atoms with Gasteiger partial charge in [0, 0.05) is 22.0 Å². The summed E-state index contributed by atoms with van der Waals surface area (Å²) in [7, 11) is 0. The lowest BCUT2D eigenvalue weighted by molar-refractivity contribution is 0.929. The van der Waals surface area contributed by atoms with Crippen molar-refractivity contribution in [3.05, 3.63) is 143 Å². The quantitative estimate of drug-likeness (QED) is 0.195. The molecule has 0 radical (unpaired) electrons. The maximum absolute atomic E-state index is 9.29. The van der Waals surface area contributed by atoms with Gasteiger partial charge in [0.05, 0.1) is 35.8 Å². The lowest BCUT2D eigenvalue weighted by Crippen LogP contribution is -2.00. The summed E-state index contributed by atoms with van der Waals surface area (Å²) in [5.41, 5.74) is 9.24. The second kappa shape index (κ2) is 10.9. The molecule has 0 bridgehead atoms. The third kappa shape index (κ3) is 4.83. The lowest BCUT2D eigenvalue weighted by Gasteiger charge is -2.13. The maximum Gasteiger partial charge on any atom is 0.198 e. The lowest BCUT2D eigenvalue weighted by atomic mass is 10.0. The molecule has 7 rings (SSSR count). The van der Waals surface area contributed by atoms with Crippen LogP contribution in [0.15, 0.2) is 103 Å². The van der Waals surface area contributed by atoms with Gasteiger partial charge in [-0.05, 0) is 72.5 Å². The highest BCUT2D eigenvalue weighted by molar-refractivity contribution is 6.11. The van der Waals surface area contributed by atoms with Crippen molar-refractivity contribution in [3.63, 3.8) is 0 Å². The van der Waals surface area contributed by atoms with Crippen LogP contribution in [0.4, 0.5) is 11.4 Å². The molecule has 7 aromatic rings. The Morgan fingerprint density at radius 1 is 0.622 bits per heavy atom.